The molecule has 2 amide bonds. The topological polar surface area (TPSA) is 317 Å². The van der Waals surface area contributed by atoms with E-state index in [0.717, 1.165) is 24.0 Å². The van der Waals surface area contributed by atoms with E-state index in [1.807, 2.05) is 30.4 Å². The van der Waals surface area contributed by atoms with Crippen LogP contribution < -0.4 is 10.6 Å². The highest BCUT2D eigenvalue weighted by molar-refractivity contribution is 8.04. The molecule has 7 N–H and O–H groups in total. The van der Waals surface area contributed by atoms with Gasteiger partial charge in [0.15, 0.2) is 11.6 Å². The molecule has 8 atom stereocenters. The van der Waals surface area contributed by atoms with Gasteiger partial charge >= 0.3 is 23.9 Å². The molecule has 0 saturated heterocycles. The summed E-state index contributed by atoms with van der Waals surface area (Å²) < 4.78 is 34.6. The van der Waals surface area contributed by atoms with Gasteiger partial charge in [0.1, 0.15) is 41.6 Å². The Labute approximate surface area is 542 Å². The Morgan fingerprint density at radius 2 is 1.03 bits per heavy atom. The van der Waals surface area contributed by atoms with Crippen LogP contribution in [0.2, 0.25) is 0 Å². The molecule has 91 heavy (non-hydrogen) atoms. The van der Waals surface area contributed by atoms with Crippen molar-refractivity contribution in [1.29, 1.82) is 0 Å². The van der Waals surface area contributed by atoms with E-state index in [9.17, 15) is 63.9 Å². The summed E-state index contributed by atoms with van der Waals surface area (Å²) >= 11 is 13.9. The van der Waals surface area contributed by atoms with Crippen molar-refractivity contribution in [2.45, 2.75) is 73.3 Å². The molecule has 2 heterocycles. The molecule has 0 aromatic heterocycles. The summed E-state index contributed by atoms with van der Waals surface area (Å²) in [7, 11) is 0. The lowest BCUT2D eigenvalue weighted by Crippen LogP contribution is -2.45. The van der Waals surface area contributed by atoms with Gasteiger partial charge in [-0.1, -0.05) is 85.2 Å². The Morgan fingerprint density at radius 1 is 0.571 bits per heavy atom. The van der Waals surface area contributed by atoms with Crippen molar-refractivity contribution >= 4 is 116 Å². The molecule has 7 aliphatic rings. The Hall–Kier alpha value is -7.88. The second kappa shape index (κ2) is 31.9. The summed E-state index contributed by atoms with van der Waals surface area (Å²) in [6.45, 7) is 0.679. The number of hydrogen-bond acceptors (Lipinski definition) is 19. The third-order valence-electron chi connectivity index (χ3n) is 15.5. The number of ether oxygens (including phenoxy) is 6. The molecule has 478 valence electrons. The second-order valence-electron chi connectivity index (χ2n) is 21.9. The number of thiocarbonyl (C=S) groups is 2. The van der Waals surface area contributed by atoms with Crippen molar-refractivity contribution < 1.29 is 92.3 Å². The highest BCUT2D eigenvalue weighted by Gasteiger charge is 2.39. The van der Waals surface area contributed by atoms with E-state index >= 15 is 0 Å². The number of ketones is 2. The fraction of sp³-hybridized carbons (Fsp3) is 0.364. The molecule has 25 heteroatoms. The molecule has 2 aromatic carbocycles. The zero-order valence-corrected chi connectivity index (χ0v) is 52.3. The Kier molecular flexibility index (Phi) is 23.7. The van der Waals surface area contributed by atoms with Crippen LogP contribution in [0, 0.1) is 11.8 Å². The van der Waals surface area contributed by atoms with Gasteiger partial charge in [-0.15, -0.1) is 0 Å². The van der Waals surface area contributed by atoms with Gasteiger partial charge in [0.05, 0.1) is 75.8 Å². The van der Waals surface area contributed by atoms with Gasteiger partial charge in [0, 0.05) is 86.8 Å². The fourth-order valence-electron chi connectivity index (χ4n) is 11.0. The predicted octanol–water partition coefficient (Wildman–Crippen LogP) is 7.31. The molecule has 8 unspecified atom stereocenters. The minimum atomic E-state index is -1.21. The number of aliphatic carboxylic acids is 2. The van der Waals surface area contributed by atoms with E-state index in [1.54, 1.807) is 48.6 Å². The summed E-state index contributed by atoms with van der Waals surface area (Å²) in [4.78, 5) is 100. The van der Waals surface area contributed by atoms with Crippen molar-refractivity contribution in [3.05, 3.63) is 177 Å². The number of aromatic carboxylic acids is 2. The standard InChI is InChI=1S/C66H66N2O19S4/c69-38-7-12-46-54(29-38)86-53-4-2-1-3-45(53)61(46)43-10-5-36(27-49(43)63(74)75)25-41(88)32-84-23-21-82-19-17-59(72)67-51(65(78)79)34-90-57-15-16-58(57)91-35-52(66(80)81)68-60(73)18-20-83-22-24-85-33-42(89)26-37-6-11-44(50(28-37)64(76)77)62-47-13-8-39(70)30-55(47)87-56-31-40(71)9-14-48(56)62/h1-14,27-31,46-47,51-53,56-58,71H,15-26,32-35H2,(H,67,72)(H,68,73)(H,74,75)(H,76,77)(H,78,79)(H,80,81). The minimum absolute atomic E-state index is 0.000747. The average Bonchev–Trinajstić information content (AvgIpc) is 0.763. The lowest BCUT2D eigenvalue weighted by atomic mass is 9.78. The smallest absolute Gasteiger partial charge is 0.336 e. The van der Waals surface area contributed by atoms with E-state index in [2.05, 4.69) is 10.6 Å². The largest absolute Gasteiger partial charge is 0.508 e. The van der Waals surface area contributed by atoms with Crippen molar-refractivity contribution in [3.63, 3.8) is 0 Å². The summed E-state index contributed by atoms with van der Waals surface area (Å²) in [5.74, 6) is -6.20. The van der Waals surface area contributed by atoms with E-state index in [1.165, 1.54) is 60.0 Å². The summed E-state index contributed by atoms with van der Waals surface area (Å²) in [6, 6.07) is 7.85. The number of rotatable bonds is 34. The van der Waals surface area contributed by atoms with Crippen LogP contribution in [0.3, 0.4) is 0 Å². The van der Waals surface area contributed by atoms with Crippen LogP contribution in [0.5, 0.6) is 0 Å². The first kappa shape index (κ1) is 67.5. The summed E-state index contributed by atoms with van der Waals surface area (Å²) in [5, 5.41) is 55.7. The van der Waals surface area contributed by atoms with Gasteiger partial charge in [0.2, 0.25) is 11.8 Å². The van der Waals surface area contributed by atoms with Crippen LogP contribution in [0.4, 0.5) is 0 Å². The lowest BCUT2D eigenvalue weighted by Gasteiger charge is -2.36. The molecule has 0 spiro atoms. The number of benzene rings is 2. The summed E-state index contributed by atoms with van der Waals surface area (Å²) in [5.41, 5.74) is 5.23. The monoisotopic (exact) mass is 1320 g/mol. The van der Waals surface area contributed by atoms with Crippen LogP contribution in [-0.4, -0.2) is 182 Å². The van der Waals surface area contributed by atoms with Gasteiger partial charge in [-0.05, 0) is 82.7 Å². The zero-order valence-electron chi connectivity index (χ0n) is 49.0. The number of fused-ring (bicyclic) bond motifs is 4. The molecule has 21 nitrogen and oxygen atoms in total. The molecular weight excluding hydrogens is 1250 g/mol. The first-order valence-corrected chi connectivity index (χ1v) is 32.2. The zero-order chi connectivity index (χ0) is 64.7. The van der Waals surface area contributed by atoms with Crippen LogP contribution in [0.25, 0.3) is 11.1 Å². The maximum absolute atomic E-state index is 12.7. The molecule has 2 aliphatic heterocycles. The minimum Gasteiger partial charge on any atom is -0.508 e. The van der Waals surface area contributed by atoms with Gasteiger partial charge < -0.3 is 64.6 Å². The van der Waals surface area contributed by atoms with E-state index in [-0.39, 0.29) is 129 Å². The Morgan fingerprint density at radius 3 is 1.49 bits per heavy atom. The van der Waals surface area contributed by atoms with Gasteiger partial charge in [-0.3, -0.25) is 19.2 Å². The predicted molar refractivity (Wildman–Crippen MR) is 346 cm³/mol. The number of aliphatic hydroxyl groups is 1. The van der Waals surface area contributed by atoms with Crippen LogP contribution in [-0.2, 0) is 70.0 Å². The SMILES string of the molecule is O=C1C=CC2C(=C1)OC1C=CC=CC1=C2c1ccc(CC(=S)COCCOCCC(=O)NC(CSC2CCC2SCC(NC(=O)CCOCCOCC(=S)Cc2ccc(C3=C4C=CC(O)=CC4OC4=CC(=O)C=CC43)c(C(=O)O)c2)C(=O)O)C(=O)O)cc1C(=O)O. The number of allylic oxidation sites excluding steroid dienone is 9. The van der Waals surface area contributed by atoms with Crippen LogP contribution in [0.1, 0.15) is 68.7 Å². The molecule has 5 aliphatic carbocycles. The van der Waals surface area contributed by atoms with Crippen molar-refractivity contribution in [1.82, 2.24) is 10.6 Å². The number of carboxylic acid groups (broad SMARTS) is 4. The molecule has 2 aromatic rings. The number of carboxylic acids is 4. The Balaban J connectivity index is 0.616. The third-order valence-corrected chi connectivity index (χ3v) is 19.2. The van der Waals surface area contributed by atoms with Gasteiger partial charge in [0.25, 0.3) is 0 Å². The lowest BCUT2D eigenvalue weighted by molar-refractivity contribution is -0.141. The van der Waals surface area contributed by atoms with Crippen LogP contribution in [0.15, 0.2) is 144 Å². The van der Waals surface area contributed by atoms with Crippen LogP contribution >= 0.6 is 48.0 Å². The first-order chi connectivity index (χ1) is 43.8. The number of amides is 2. The van der Waals surface area contributed by atoms with E-state index in [0.29, 0.717) is 54.6 Å². The quantitative estimate of drug-likeness (QED) is 0.0267. The molecule has 0 bridgehead atoms. The number of hydrogen-bond donors (Lipinski definition) is 7. The number of carbonyl (C=O) groups is 8. The highest BCUT2D eigenvalue weighted by atomic mass is 32.2. The maximum Gasteiger partial charge on any atom is 0.336 e. The molecule has 1 saturated carbocycles. The van der Waals surface area contributed by atoms with E-state index in [4.69, 9.17) is 52.9 Å². The van der Waals surface area contributed by atoms with E-state index < -0.39 is 71.8 Å². The number of nitrogens with one attached hydrogen (secondary N) is 2. The average molecular weight is 1320 g/mol. The maximum atomic E-state index is 12.7. The van der Waals surface area contributed by atoms with Gasteiger partial charge in [-0.2, -0.15) is 23.5 Å². The second-order valence-corrected chi connectivity index (χ2v) is 25.6. The number of aliphatic hydroxyl groups excluding tert-OH is 1. The molecule has 9 rings (SSSR count). The summed E-state index contributed by atoms with van der Waals surface area (Å²) in [6.07, 6.45) is 21.8. The Bertz CT molecular complexity index is 3590. The molecule has 1 fully saturated rings. The normalized spacial score (nSPS) is 21.5. The number of thioether (sulfide) groups is 2. The number of carbonyl (C=O) groups excluding carboxylic acids is 4. The van der Waals surface area contributed by atoms with Crippen molar-refractivity contribution in [2.75, 3.05) is 64.4 Å². The molecule has 0 radical (unpaired) electrons. The fourth-order valence-corrected chi connectivity index (χ4v) is 14.6. The van der Waals surface area contributed by atoms with Gasteiger partial charge in [-0.25, -0.2) is 19.2 Å². The van der Waals surface area contributed by atoms with Crippen molar-refractivity contribution in [2.24, 2.45) is 11.8 Å². The molecular formula is C66H66N2O19S4. The van der Waals surface area contributed by atoms with Crippen molar-refractivity contribution in [3.8, 4) is 0 Å². The first-order valence-electron chi connectivity index (χ1n) is 29.3. The third kappa shape index (κ3) is 18.0. The highest BCUT2D eigenvalue weighted by Crippen LogP contribution is 2.47.